The first-order valence-corrected chi connectivity index (χ1v) is 3.85. The number of anilines is 1. The molecule has 0 saturated carbocycles. The number of aromatic nitrogens is 1. The fraction of sp³-hybridized carbons (Fsp3) is 0.143. The van der Waals surface area contributed by atoms with Crippen molar-refractivity contribution in [3.63, 3.8) is 0 Å². The molecule has 0 aromatic carbocycles. The van der Waals surface area contributed by atoms with Crippen LogP contribution in [0, 0.1) is 21.4 Å². The molecule has 1 rings (SSSR count). The van der Waals surface area contributed by atoms with Gasteiger partial charge in [-0.15, -0.1) is 13.2 Å². The second-order valence-electron chi connectivity index (χ2n) is 2.67. The van der Waals surface area contributed by atoms with Gasteiger partial charge in [0.2, 0.25) is 0 Å². The third-order valence-corrected chi connectivity index (χ3v) is 1.51. The summed E-state index contributed by atoms with van der Waals surface area (Å²) in [4.78, 5) is 12.3. The number of alkyl halides is 3. The predicted octanol–water partition coefficient (Wildman–Crippen LogP) is 1.34. The number of nitrogens with zero attached hydrogens (tertiary/aromatic N) is 3. The smallest absolute Gasteiger partial charge is 0.397 e. The van der Waals surface area contributed by atoms with Gasteiger partial charge in [-0.1, -0.05) is 0 Å². The average Bonchev–Trinajstić information content (AvgIpc) is 2.13. The van der Waals surface area contributed by atoms with Gasteiger partial charge in [0.25, 0.3) is 0 Å². The van der Waals surface area contributed by atoms with Crippen molar-refractivity contribution in [1.29, 1.82) is 5.26 Å². The Bertz CT molecular complexity index is 508. The zero-order chi connectivity index (χ0) is 13.2. The highest BCUT2D eigenvalue weighted by atomic mass is 19.4. The second-order valence-corrected chi connectivity index (χ2v) is 2.67. The van der Waals surface area contributed by atoms with Crippen LogP contribution in [-0.4, -0.2) is 16.3 Å². The number of nitrogens with two attached hydrogens (primary N) is 1. The van der Waals surface area contributed by atoms with E-state index in [2.05, 4.69) is 9.72 Å². The van der Waals surface area contributed by atoms with Crippen LogP contribution in [0.25, 0.3) is 0 Å². The Morgan fingerprint density at radius 1 is 1.59 bits per heavy atom. The fourth-order valence-corrected chi connectivity index (χ4v) is 0.944. The first-order valence-electron chi connectivity index (χ1n) is 3.85. The summed E-state index contributed by atoms with van der Waals surface area (Å²) >= 11 is 0. The summed E-state index contributed by atoms with van der Waals surface area (Å²) < 4.78 is 38.9. The molecule has 0 fully saturated rings. The summed E-state index contributed by atoms with van der Waals surface area (Å²) in [6.45, 7) is 0. The van der Waals surface area contributed by atoms with Crippen LogP contribution in [0.2, 0.25) is 0 Å². The number of pyridine rings is 1. The molecule has 0 saturated heterocycles. The molecule has 0 atom stereocenters. The SMILES string of the molecule is N#Cc1c(N)cc(OC(F)(F)F)nc1[N+](=O)[O-]. The van der Waals surface area contributed by atoms with E-state index in [1.54, 1.807) is 0 Å². The van der Waals surface area contributed by atoms with Crippen molar-refractivity contribution >= 4 is 11.5 Å². The first-order chi connectivity index (χ1) is 7.74. The second kappa shape index (κ2) is 4.12. The topological polar surface area (TPSA) is 115 Å². The average molecular weight is 248 g/mol. The fourth-order valence-electron chi connectivity index (χ4n) is 0.944. The maximum Gasteiger partial charge on any atom is 0.575 e. The van der Waals surface area contributed by atoms with E-state index in [1.807, 2.05) is 0 Å². The molecule has 2 N–H and O–H groups in total. The Kier molecular flexibility index (Phi) is 3.03. The van der Waals surface area contributed by atoms with E-state index in [1.165, 1.54) is 6.07 Å². The van der Waals surface area contributed by atoms with Crippen molar-refractivity contribution in [2.24, 2.45) is 0 Å². The zero-order valence-electron chi connectivity index (χ0n) is 7.85. The highest BCUT2D eigenvalue weighted by Crippen LogP contribution is 2.29. The molecule has 0 radical (unpaired) electrons. The van der Waals surface area contributed by atoms with Crippen LogP contribution < -0.4 is 10.5 Å². The lowest BCUT2D eigenvalue weighted by Gasteiger charge is -2.06. The minimum absolute atomic E-state index is 0.520. The zero-order valence-corrected chi connectivity index (χ0v) is 7.85. The molecule has 0 aliphatic heterocycles. The van der Waals surface area contributed by atoms with Crippen LogP contribution >= 0.6 is 0 Å². The van der Waals surface area contributed by atoms with Gasteiger partial charge in [-0.3, -0.25) is 0 Å². The number of hydrogen-bond acceptors (Lipinski definition) is 6. The number of ether oxygens (including phenoxy) is 1. The lowest BCUT2D eigenvalue weighted by molar-refractivity contribution is -0.390. The molecule has 7 nitrogen and oxygen atoms in total. The van der Waals surface area contributed by atoms with Gasteiger partial charge in [0.15, 0.2) is 5.56 Å². The van der Waals surface area contributed by atoms with Crippen molar-refractivity contribution in [2.45, 2.75) is 6.36 Å². The number of nitriles is 1. The minimum Gasteiger partial charge on any atom is -0.397 e. The number of rotatable bonds is 2. The molecule has 1 aromatic heterocycles. The lowest BCUT2D eigenvalue weighted by Crippen LogP contribution is -2.18. The Balaban J connectivity index is 3.31. The van der Waals surface area contributed by atoms with Gasteiger partial charge in [-0.05, 0) is 4.92 Å². The lowest BCUT2D eigenvalue weighted by atomic mass is 10.2. The summed E-state index contributed by atoms with van der Waals surface area (Å²) in [5, 5.41) is 19.0. The number of nitro groups is 1. The van der Waals surface area contributed by atoms with Crippen LogP contribution in [0.15, 0.2) is 6.07 Å². The number of hydrogen-bond donors (Lipinski definition) is 1. The van der Waals surface area contributed by atoms with Gasteiger partial charge in [-0.2, -0.15) is 5.26 Å². The molecule has 90 valence electrons. The maximum atomic E-state index is 11.9. The van der Waals surface area contributed by atoms with Gasteiger partial charge in [0.1, 0.15) is 6.07 Å². The normalized spacial score (nSPS) is 10.7. The maximum absolute atomic E-state index is 11.9. The standard InChI is InChI=1S/C7H3F3N4O3/c8-7(9,10)17-5-1-4(12)3(2-11)6(13-5)14(15)16/h1H,(H2,12,13). The molecule has 0 amide bonds. The summed E-state index contributed by atoms with van der Waals surface area (Å²) in [7, 11) is 0. The van der Waals surface area contributed by atoms with Crippen molar-refractivity contribution in [3.8, 4) is 11.9 Å². The predicted molar refractivity (Wildman–Crippen MR) is 46.7 cm³/mol. The van der Waals surface area contributed by atoms with E-state index >= 15 is 0 Å². The van der Waals surface area contributed by atoms with Crippen LogP contribution in [0.4, 0.5) is 24.7 Å². The molecule has 1 aromatic rings. The number of halogens is 3. The summed E-state index contributed by atoms with van der Waals surface area (Å²) in [5.74, 6) is -2.19. The summed E-state index contributed by atoms with van der Waals surface area (Å²) in [5.41, 5.74) is 4.03. The van der Waals surface area contributed by atoms with Gasteiger partial charge >= 0.3 is 18.1 Å². The summed E-state index contributed by atoms with van der Waals surface area (Å²) in [6.07, 6.45) is -5.05. The van der Waals surface area contributed by atoms with Crippen LogP contribution in [0.1, 0.15) is 5.56 Å². The molecule has 1 heterocycles. The summed E-state index contributed by atoms with van der Waals surface area (Å²) in [6, 6.07) is 1.95. The van der Waals surface area contributed by atoms with Gasteiger partial charge in [0, 0.05) is 4.98 Å². The minimum atomic E-state index is -5.05. The van der Waals surface area contributed by atoms with Gasteiger partial charge in [-0.25, -0.2) is 0 Å². The molecule has 0 aliphatic rings. The van der Waals surface area contributed by atoms with E-state index in [4.69, 9.17) is 11.0 Å². The van der Waals surface area contributed by atoms with Crippen molar-refractivity contribution in [1.82, 2.24) is 4.98 Å². The highest BCUT2D eigenvalue weighted by molar-refractivity contribution is 5.63. The molecule has 0 bridgehead atoms. The van der Waals surface area contributed by atoms with Gasteiger partial charge < -0.3 is 20.6 Å². The quantitative estimate of drug-likeness (QED) is 0.623. The van der Waals surface area contributed by atoms with Crippen LogP contribution in [0.3, 0.4) is 0 Å². The highest BCUT2D eigenvalue weighted by Gasteiger charge is 2.35. The number of nitrogen functional groups attached to an aromatic ring is 1. The largest absolute Gasteiger partial charge is 0.575 e. The van der Waals surface area contributed by atoms with E-state index < -0.39 is 34.2 Å². The van der Waals surface area contributed by atoms with E-state index in [0.29, 0.717) is 6.07 Å². The molecule has 10 heteroatoms. The van der Waals surface area contributed by atoms with Gasteiger partial charge in [0.05, 0.1) is 11.8 Å². The van der Waals surface area contributed by atoms with E-state index in [9.17, 15) is 23.3 Å². The Morgan fingerprint density at radius 3 is 2.59 bits per heavy atom. The van der Waals surface area contributed by atoms with Crippen molar-refractivity contribution in [2.75, 3.05) is 5.73 Å². The third kappa shape index (κ3) is 2.94. The first kappa shape index (κ1) is 12.5. The van der Waals surface area contributed by atoms with Crippen molar-refractivity contribution < 1.29 is 22.8 Å². The van der Waals surface area contributed by atoms with E-state index in [-0.39, 0.29) is 0 Å². The monoisotopic (exact) mass is 248 g/mol. The van der Waals surface area contributed by atoms with Crippen molar-refractivity contribution in [3.05, 3.63) is 21.7 Å². The Morgan fingerprint density at radius 2 is 2.18 bits per heavy atom. The third-order valence-electron chi connectivity index (χ3n) is 1.51. The molecule has 0 spiro atoms. The molecular formula is C7H3F3N4O3. The Labute approximate surface area is 91.4 Å². The molecule has 0 aliphatic carbocycles. The molecular weight excluding hydrogens is 245 g/mol. The Hall–Kier alpha value is -2.57. The molecule has 17 heavy (non-hydrogen) atoms. The van der Waals surface area contributed by atoms with Crippen LogP contribution in [0.5, 0.6) is 5.88 Å². The molecule has 0 unspecified atom stereocenters. The van der Waals surface area contributed by atoms with E-state index in [0.717, 1.165) is 0 Å². The van der Waals surface area contributed by atoms with Crippen LogP contribution in [-0.2, 0) is 0 Å².